The molecule has 4 aromatic rings. The van der Waals surface area contributed by atoms with Crippen LogP contribution in [-0.2, 0) is 6.61 Å². The molecule has 44 heavy (non-hydrogen) atoms. The monoisotopic (exact) mass is 606 g/mol. The molecule has 0 aliphatic carbocycles. The molecule has 10 heteroatoms. The first-order chi connectivity index (χ1) is 21.3. The number of methoxy groups -OCH3 is 7. The van der Waals surface area contributed by atoms with Crippen LogP contribution in [0.4, 0.5) is 0 Å². The fourth-order valence-electron chi connectivity index (χ4n) is 5.02. The second-order valence-electron chi connectivity index (χ2n) is 9.60. The van der Waals surface area contributed by atoms with Gasteiger partial charge >= 0.3 is 0 Å². The predicted octanol–water partition coefficient (Wildman–Crippen LogP) is 5.49. The Kier molecular flexibility index (Phi) is 10.6. The van der Waals surface area contributed by atoms with Gasteiger partial charge in [0.1, 0.15) is 64.8 Å². The Balaban J connectivity index is 1.71. The zero-order valence-corrected chi connectivity index (χ0v) is 25.9. The summed E-state index contributed by atoms with van der Waals surface area (Å²) in [4.78, 5) is 0. The van der Waals surface area contributed by atoms with Gasteiger partial charge in [-0.3, -0.25) is 0 Å². The van der Waals surface area contributed by atoms with Crippen molar-refractivity contribution in [2.45, 2.75) is 18.8 Å². The van der Waals surface area contributed by atoms with Crippen LogP contribution in [-0.4, -0.2) is 60.0 Å². The molecule has 0 amide bonds. The summed E-state index contributed by atoms with van der Waals surface area (Å²) in [6, 6.07) is 19.1. The number of hydrogen-bond donors (Lipinski definition) is 2. The van der Waals surface area contributed by atoms with Crippen LogP contribution in [0.2, 0.25) is 0 Å². The van der Waals surface area contributed by atoms with Gasteiger partial charge in [-0.15, -0.1) is 0 Å². The van der Waals surface area contributed by atoms with E-state index in [9.17, 15) is 10.2 Å². The first-order valence-corrected chi connectivity index (χ1v) is 13.7. The third-order valence-corrected chi connectivity index (χ3v) is 7.25. The Hall–Kier alpha value is -4.80. The molecule has 0 saturated carbocycles. The van der Waals surface area contributed by atoms with Gasteiger partial charge in [-0.2, -0.15) is 0 Å². The molecule has 0 aliphatic rings. The van der Waals surface area contributed by atoms with Crippen molar-refractivity contribution in [3.05, 3.63) is 94.5 Å². The topological polar surface area (TPSA) is 114 Å². The van der Waals surface area contributed by atoms with Gasteiger partial charge in [0.05, 0.1) is 60.9 Å². The standard InChI is InChI=1S/C34H38O10/c1-37-21-11-13-25(39-3)23(17-21)33(35)24-18-22(38-2)12-14-26(24)44-19-20-15-29(42-6)32(30(16-20)43-7)34(36)31-27(40-4)9-8-10-28(31)41-5/h8-18,33-36H,19H2,1-7H3. The molecule has 234 valence electrons. The molecule has 0 bridgehead atoms. The van der Waals surface area contributed by atoms with E-state index in [2.05, 4.69) is 0 Å². The molecule has 0 saturated heterocycles. The van der Waals surface area contributed by atoms with Crippen LogP contribution in [0.1, 0.15) is 40.0 Å². The molecular weight excluding hydrogens is 568 g/mol. The molecule has 2 N–H and O–H groups in total. The fourth-order valence-corrected chi connectivity index (χ4v) is 5.02. The van der Waals surface area contributed by atoms with Crippen molar-refractivity contribution in [3.63, 3.8) is 0 Å². The van der Waals surface area contributed by atoms with E-state index in [4.69, 9.17) is 37.9 Å². The minimum absolute atomic E-state index is 0.0857. The SMILES string of the molecule is COc1ccc(OC)c(C(O)c2cc(OC)ccc2OCc2cc(OC)c(C(O)c3c(OC)cccc3OC)c(OC)c2)c1. The highest BCUT2D eigenvalue weighted by Gasteiger charge is 2.28. The third-order valence-electron chi connectivity index (χ3n) is 7.25. The van der Waals surface area contributed by atoms with E-state index in [1.54, 1.807) is 80.9 Å². The Labute approximate surface area is 257 Å². The molecule has 0 radical (unpaired) electrons. The average molecular weight is 607 g/mol. The number of aliphatic hydroxyl groups excluding tert-OH is 2. The first kappa shape index (κ1) is 32.1. The Morgan fingerprint density at radius 3 is 1.41 bits per heavy atom. The van der Waals surface area contributed by atoms with Crippen LogP contribution in [0.15, 0.2) is 66.7 Å². The number of benzene rings is 4. The van der Waals surface area contributed by atoms with Crippen molar-refractivity contribution < 1.29 is 48.1 Å². The van der Waals surface area contributed by atoms with Gasteiger partial charge < -0.3 is 48.1 Å². The second-order valence-corrected chi connectivity index (χ2v) is 9.60. The Morgan fingerprint density at radius 1 is 0.477 bits per heavy atom. The summed E-state index contributed by atoms with van der Waals surface area (Å²) in [6.45, 7) is 0.0857. The molecule has 0 spiro atoms. The summed E-state index contributed by atoms with van der Waals surface area (Å²) in [6.07, 6.45) is -2.32. The van der Waals surface area contributed by atoms with Crippen molar-refractivity contribution in [2.24, 2.45) is 0 Å². The highest BCUT2D eigenvalue weighted by Crippen LogP contribution is 2.45. The lowest BCUT2D eigenvalue weighted by Crippen LogP contribution is -2.10. The van der Waals surface area contributed by atoms with Crippen molar-refractivity contribution in [3.8, 4) is 46.0 Å². The smallest absolute Gasteiger partial charge is 0.129 e. The highest BCUT2D eigenvalue weighted by atomic mass is 16.5. The zero-order valence-electron chi connectivity index (χ0n) is 25.9. The lowest BCUT2D eigenvalue weighted by atomic mass is 9.96. The van der Waals surface area contributed by atoms with E-state index in [0.717, 1.165) is 0 Å². The maximum Gasteiger partial charge on any atom is 0.129 e. The number of ether oxygens (including phenoxy) is 8. The van der Waals surface area contributed by atoms with E-state index in [1.165, 1.54) is 35.5 Å². The molecule has 2 atom stereocenters. The normalized spacial score (nSPS) is 12.1. The molecule has 4 rings (SSSR count). The molecule has 0 heterocycles. The lowest BCUT2D eigenvalue weighted by Gasteiger charge is -2.23. The number of hydrogen-bond acceptors (Lipinski definition) is 10. The fraction of sp³-hybridized carbons (Fsp3) is 0.294. The minimum atomic E-state index is -1.19. The predicted molar refractivity (Wildman–Crippen MR) is 164 cm³/mol. The molecular formula is C34H38O10. The van der Waals surface area contributed by atoms with E-state index in [-0.39, 0.29) is 6.61 Å². The summed E-state index contributed by atoms with van der Waals surface area (Å²) >= 11 is 0. The van der Waals surface area contributed by atoms with E-state index >= 15 is 0 Å². The first-order valence-electron chi connectivity index (χ1n) is 13.7. The second kappa shape index (κ2) is 14.6. The van der Waals surface area contributed by atoms with Crippen molar-refractivity contribution >= 4 is 0 Å². The summed E-state index contributed by atoms with van der Waals surface area (Å²) in [5, 5.41) is 23.1. The zero-order chi connectivity index (χ0) is 31.8. The Bertz CT molecular complexity index is 1520. The van der Waals surface area contributed by atoms with Crippen molar-refractivity contribution in [1.82, 2.24) is 0 Å². The van der Waals surface area contributed by atoms with Crippen LogP contribution in [0.5, 0.6) is 46.0 Å². The molecule has 0 fully saturated rings. The van der Waals surface area contributed by atoms with Crippen LogP contribution in [0.3, 0.4) is 0 Å². The molecule has 0 aliphatic heterocycles. The van der Waals surface area contributed by atoms with Gasteiger partial charge in [-0.25, -0.2) is 0 Å². The minimum Gasteiger partial charge on any atom is -0.497 e. The van der Waals surface area contributed by atoms with Gasteiger partial charge in [-0.1, -0.05) is 6.07 Å². The lowest BCUT2D eigenvalue weighted by molar-refractivity contribution is 0.197. The van der Waals surface area contributed by atoms with Gasteiger partial charge in [0, 0.05) is 11.1 Å². The van der Waals surface area contributed by atoms with Gasteiger partial charge in [0.25, 0.3) is 0 Å². The average Bonchev–Trinajstić information content (AvgIpc) is 3.08. The summed E-state index contributed by atoms with van der Waals surface area (Å²) in [5.41, 5.74) is 2.48. The largest absolute Gasteiger partial charge is 0.497 e. The van der Waals surface area contributed by atoms with Crippen molar-refractivity contribution in [1.29, 1.82) is 0 Å². The number of aliphatic hydroxyl groups is 2. The van der Waals surface area contributed by atoms with Crippen molar-refractivity contribution in [2.75, 3.05) is 49.8 Å². The quantitative estimate of drug-likeness (QED) is 0.191. The summed E-state index contributed by atoms with van der Waals surface area (Å²) in [5.74, 6) is 3.67. The van der Waals surface area contributed by atoms with Crippen LogP contribution < -0.4 is 37.9 Å². The number of rotatable bonds is 14. The van der Waals surface area contributed by atoms with E-state index < -0.39 is 12.2 Å². The molecule has 2 unspecified atom stereocenters. The van der Waals surface area contributed by atoms with Crippen LogP contribution in [0, 0.1) is 0 Å². The molecule has 0 aromatic heterocycles. The highest BCUT2D eigenvalue weighted by molar-refractivity contribution is 5.57. The molecule has 10 nitrogen and oxygen atoms in total. The van der Waals surface area contributed by atoms with Crippen LogP contribution >= 0.6 is 0 Å². The maximum absolute atomic E-state index is 11.6. The Morgan fingerprint density at radius 2 is 0.932 bits per heavy atom. The van der Waals surface area contributed by atoms with E-state index in [0.29, 0.717) is 73.8 Å². The van der Waals surface area contributed by atoms with Crippen LogP contribution in [0.25, 0.3) is 0 Å². The third kappa shape index (κ3) is 6.56. The van der Waals surface area contributed by atoms with E-state index in [1.807, 2.05) is 0 Å². The van der Waals surface area contributed by atoms with Gasteiger partial charge in [0.15, 0.2) is 0 Å². The molecule has 4 aromatic carbocycles. The summed E-state index contributed by atoms with van der Waals surface area (Å²) < 4.78 is 45.0. The summed E-state index contributed by atoms with van der Waals surface area (Å²) in [7, 11) is 10.7. The maximum atomic E-state index is 11.6. The van der Waals surface area contributed by atoms with Gasteiger partial charge in [0.2, 0.25) is 0 Å². The van der Waals surface area contributed by atoms with Gasteiger partial charge in [-0.05, 0) is 66.2 Å².